The minimum absolute atomic E-state index is 0.302. The van der Waals surface area contributed by atoms with Crippen LogP contribution in [0.15, 0.2) is 24.3 Å². The van der Waals surface area contributed by atoms with Crippen molar-refractivity contribution in [3.8, 4) is 6.07 Å². The molecule has 2 fully saturated rings. The number of fused-ring (bicyclic) bond motifs is 3. The average molecular weight is 437 g/mol. The van der Waals surface area contributed by atoms with E-state index in [0.717, 1.165) is 30.5 Å². The molecule has 1 aromatic carbocycles. The van der Waals surface area contributed by atoms with E-state index in [1.807, 2.05) is 31.2 Å². The number of hydrogen-bond donors (Lipinski definition) is 3. The van der Waals surface area contributed by atoms with Crippen molar-refractivity contribution in [2.45, 2.75) is 57.2 Å². The second-order valence-electron chi connectivity index (χ2n) is 8.44. The number of hydrogen-bond acceptors (Lipinski definition) is 7. The maximum atomic E-state index is 8.95. The lowest BCUT2D eigenvalue weighted by Crippen LogP contribution is -2.47. The fraction of sp³-hybridized carbons (Fsp3) is 0.455. The van der Waals surface area contributed by atoms with Gasteiger partial charge in [0.25, 0.3) is 0 Å². The highest BCUT2D eigenvalue weighted by atomic mass is 35.5. The Hall–Kier alpha value is -2.89. The summed E-state index contributed by atoms with van der Waals surface area (Å²) in [5.41, 5.74) is 1.68. The highest BCUT2D eigenvalue weighted by molar-refractivity contribution is 6.35. The van der Waals surface area contributed by atoms with E-state index in [4.69, 9.17) is 26.8 Å². The van der Waals surface area contributed by atoms with Crippen LogP contribution in [0.3, 0.4) is 0 Å². The van der Waals surface area contributed by atoms with Gasteiger partial charge in [-0.2, -0.15) is 15.3 Å². The summed E-state index contributed by atoms with van der Waals surface area (Å²) in [6, 6.07) is 11.3. The van der Waals surface area contributed by atoms with Gasteiger partial charge in [-0.25, -0.2) is 4.98 Å². The van der Waals surface area contributed by atoms with Gasteiger partial charge in [0.1, 0.15) is 5.82 Å². The molecule has 0 saturated carbocycles. The number of aryl methyl sites for hydroxylation is 1. The van der Waals surface area contributed by atoms with Crippen LogP contribution < -0.4 is 10.6 Å². The van der Waals surface area contributed by atoms with Crippen LogP contribution in [0.25, 0.3) is 10.9 Å². The summed E-state index contributed by atoms with van der Waals surface area (Å²) in [4.78, 5) is 12.0. The Morgan fingerprint density at radius 1 is 1.26 bits per heavy atom. The molecule has 2 aromatic heterocycles. The topological polar surface area (TPSA) is 106 Å². The summed E-state index contributed by atoms with van der Waals surface area (Å²) in [7, 11) is 0. The Labute approximate surface area is 186 Å². The molecule has 2 aliphatic heterocycles. The molecule has 3 aromatic rings. The number of rotatable bonds is 6. The maximum absolute atomic E-state index is 8.95. The lowest BCUT2D eigenvalue weighted by molar-refractivity contribution is 0.135. The van der Waals surface area contributed by atoms with Crippen LogP contribution in [0, 0.1) is 18.3 Å². The van der Waals surface area contributed by atoms with E-state index in [-0.39, 0.29) is 0 Å². The van der Waals surface area contributed by atoms with Crippen LogP contribution in [-0.4, -0.2) is 49.7 Å². The number of piperidine rings is 1. The summed E-state index contributed by atoms with van der Waals surface area (Å²) in [6.07, 6.45) is 5.06. The molecule has 0 radical (unpaired) electrons. The molecule has 3 atom stereocenters. The number of halogens is 1. The largest absolute Gasteiger partial charge is 0.351 e. The van der Waals surface area contributed by atoms with E-state index in [2.05, 4.69) is 31.8 Å². The molecule has 160 valence electrons. The molecule has 9 heteroatoms. The number of benzene rings is 1. The van der Waals surface area contributed by atoms with E-state index in [9.17, 15) is 0 Å². The van der Waals surface area contributed by atoms with Crippen molar-refractivity contribution in [2.24, 2.45) is 0 Å². The first-order chi connectivity index (χ1) is 15.1. The van der Waals surface area contributed by atoms with Gasteiger partial charge in [-0.15, -0.1) is 0 Å². The van der Waals surface area contributed by atoms with Crippen LogP contribution in [-0.2, 0) is 0 Å². The standard InChI is InChI=1S/C22H25ClN8/c1-13-10-19(30-29-13)26-21-17-4-2-5-18(23)20(17)27-22(28-21)25-14-11-15-6-7-16(12-14)31(15)9-3-8-24/h2,4-5,10,14-16H,3,6-7,9,11-12H2,1H3,(H3,25,26,27,28,29,30)/t14-,15-,16+. The van der Waals surface area contributed by atoms with Crippen LogP contribution in [0.1, 0.15) is 37.8 Å². The van der Waals surface area contributed by atoms with E-state index in [1.54, 1.807) is 0 Å². The third-order valence-corrected chi connectivity index (χ3v) is 6.63. The van der Waals surface area contributed by atoms with E-state index >= 15 is 0 Å². The third-order valence-electron chi connectivity index (χ3n) is 6.33. The summed E-state index contributed by atoms with van der Waals surface area (Å²) in [5, 5.41) is 24.5. The Morgan fingerprint density at radius 3 is 2.77 bits per heavy atom. The molecule has 0 unspecified atom stereocenters. The lowest BCUT2D eigenvalue weighted by atomic mass is 9.97. The van der Waals surface area contributed by atoms with Gasteiger partial charge in [0, 0.05) is 48.2 Å². The summed E-state index contributed by atoms with van der Waals surface area (Å²) >= 11 is 6.47. The fourth-order valence-electron chi connectivity index (χ4n) is 5.00. The zero-order valence-electron chi connectivity index (χ0n) is 17.4. The third kappa shape index (κ3) is 4.03. The smallest absolute Gasteiger partial charge is 0.225 e. The summed E-state index contributed by atoms with van der Waals surface area (Å²) < 4.78 is 0. The molecule has 31 heavy (non-hydrogen) atoms. The first kappa shape index (κ1) is 20.0. The van der Waals surface area contributed by atoms with Crippen LogP contribution >= 0.6 is 11.6 Å². The number of para-hydroxylation sites is 1. The zero-order valence-corrected chi connectivity index (χ0v) is 18.2. The molecule has 0 spiro atoms. The van der Waals surface area contributed by atoms with E-state index < -0.39 is 0 Å². The molecule has 2 saturated heterocycles. The minimum Gasteiger partial charge on any atom is -0.351 e. The Morgan fingerprint density at radius 2 is 2.06 bits per heavy atom. The van der Waals surface area contributed by atoms with Crippen LogP contribution in [0.2, 0.25) is 5.02 Å². The van der Waals surface area contributed by atoms with Crippen molar-refractivity contribution >= 4 is 40.1 Å². The Bertz CT molecular complexity index is 1120. The number of nitrogens with zero attached hydrogens (tertiary/aromatic N) is 5. The van der Waals surface area contributed by atoms with E-state index in [1.165, 1.54) is 12.8 Å². The molecule has 2 bridgehead atoms. The molecule has 0 aliphatic carbocycles. The predicted molar refractivity (Wildman–Crippen MR) is 122 cm³/mol. The predicted octanol–water partition coefficient (Wildman–Crippen LogP) is 4.38. The molecular formula is C22H25ClN8. The number of nitrogens with one attached hydrogen (secondary N) is 3. The van der Waals surface area contributed by atoms with Crippen LogP contribution in [0.5, 0.6) is 0 Å². The fourth-order valence-corrected chi connectivity index (χ4v) is 5.22. The van der Waals surface area contributed by atoms with Gasteiger partial charge in [-0.3, -0.25) is 10.00 Å². The van der Waals surface area contributed by atoms with Crippen molar-refractivity contribution in [1.82, 2.24) is 25.1 Å². The van der Waals surface area contributed by atoms with Gasteiger partial charge in [0.05, 0.1) is 16.6 Å². The molecule has 3 N–H and O–H groups in total. The number of anilines is 3. The zero-order chi connectivity index (χ0) is 21.4. The molecule has 4 heterocycles. The van der Waals surface area contributed by atoms with Gasteiger partial charge in [0.15, 0.2) is 5.82 Å². The molecule has 0 amide bonds. The number of aromatic amines is 1. The van der Waals surface area contributed by atoms with E-state index in [0.29, 0.717) is 52.7 Å². The van der Waals surface area contributed by atoms with Gasteiger partial charge in [-0.1, -0.05) is 17.7 Å². The second-order valence-corrected chi connectivity index (χ2v) is 8.84. The average Bonchev–Trinajstić information content (AvgIpc) is 3.26. The number of H-pyrrole nitrogens is 1. The second kappa shape index (κ2) is 8.33. The number of nitriles is 1. The van der Waals surface area contributed by atoms with Crippen LogP contribution in [0.4, 0.5) is 17.6 Å². The maximum Gasteiger partial charge on any atom is 0.225 e. The molecule has 2 aliphatic rings. The van der Waals surface area contributed by atoms with Gasteiger partial charge in [-0.05, 0) is 44.7 Å². The SMILES string of the molecule is Cc1cc(Nc2nc(N[C@@H]3C[C@H]4CC[C@@H](C3)N4CCC#N)nc3c(Cl)cccc23)n[nH]1. The Kier molecular flexibility index (Phi) is 5.38. The van der Waals surface area contributed by atoms with Crippen molar-refractivity contribution in [1.29, 1.82) is 5.26 Å². The minimum atomic E-state index is 0.302. The first-order valence-electron chi connectivity index (χ1n) is 10.7. The van der Waals surface area contributed by atoms with Crippen molar-refractivity contribution in [3.63, 3.8) is 0 Å². The lowest BCUT2D eigenvalue weighted by Gasteiger charge is -2.38. The first-order valence-corrected chi connectivity index (χ1v) is 11.1. The van der Waals surface area contributed by atoms with Crippen molar-refractivity contribution in [2.75, 3.05) is 17.2 Å². The number of aromatic nitrogens is 4. The Balaban J connectivity index is 1.40. The highest BCUT2D eigenvalue weighted by Crippen LogP contribution is 2.37. The molecule has 8 nitrogen and oxygen atoms in total. The van der Waals surface area contributed by atoms with Crippen molar-refractivity contribution in [3.05, 3.63) is 35.0 Å². The van der Waals surface area contributed by atoms with Gasteiger partial charge in [0.2, 0.25) is 5.95 Å². The summed E-state index contributed by atoms with van der Waals surface area (Å²) in [6.45, 7) is 2.83. The normalized spacial score (nSPS) is 23.1. The van der Waals surface area contributed by atoms with Gasteiger partial charge >= 0.3 is 0 Å². The van der Waals surface area contributed by atoms with Gasteiger partial charge < -0.3 is 10.6 Å². The molecular weight excluding hydrogens is 412 g/mol. The highest BCUT2D eigenvalue weighted by Gasteiger charge is 2.40. The summed E-state index contributed by atoms with van der Waals surface area (Å²) in [5.74, 6) is 1.95. The monoisotopic (exact) mass is 436 g/mol. The quantitative estimate of drug-likeness (QED) is 0.526. The van der Waals surface area contributed by atoms with Crippen molar-refractivity contribution < 1.29 is 0 Å². The molecule has 5 rings (SSSR count).